The fourth-order valence-electron chi connectivity index (χ4n) is 3.26. The summed E-state index contributed by atoms with van der Waals surface area (Å²) in [6, 6.07) is 18.8. The minimum Gasteiger partial charge on any atom is -0.342 e. The molecule has 0 atom stereocenters. The molecule has 3 rings (SSSR count). The maximum absolute atomic E-state index is 12.1. The molecule has 0 aliphatic heterocycles. The zero-order valence-corrected chi connectivity index (χ0v) is 16.0. The van der Waals surface area contributed by atoms with Gasteiger partial charge in [0, 0.05) is 29.2 Å². The average molecular weight is 357 g/mol. The maximum atomic E-state index is 12.1. The molecule has 3 aromatic rings. The lowest BCUT2D eigenvalue weighted by Gasteiger charge is -2.05. The van der Waals surface area contributed by atoms with E-state index in [2.05, 4.69) is 60.2 Å². The van der Waals surface area contributed by atoms with Gasteiger partial charge in [0.25, 0.3) is 0 Å². The smallest absolute Gasteiger partial charge is 0.178 e. The Kier molecular flexibility index (Phi) is 6.81. The summed E-state index contributed by atoms with van der Waals surface area (Å²) in [7, 11) is 0. The molecule has 138 valence electrons. The fourth-order valence-corrected chi connectivity index (χ4v) is 3.26. The van der Waals surface area contributed by atoms with Gasteiger partial charge in [-0.25, -0.2) is 0 Å². The van der Waals surface area contributed by atoms with Crippen molar-refractivity contribution < 1.29 is 4.79 Å². The Morgan fingerprint density at radius 1 is 0.963 bits per heavy atom. The number of allylic oxidation sites excluding steroid dienone is 3. The predicted octanol–water partition coefficient (Wildman–Crippen LogP) is 6.41. The molecule has 2 aromatic carbocycles. The van der Waals surface area contributed by atoms with Crippen LogP contribution in [0.5, 0.6) is 0 Å². The molecule has 0 saturated carbocycles. The molecule has 1 heterocycles. The monoisotopic (exact) mass is 357 g/mol. The van der Waals surface area contributed by atoms with E-state index in [0.29, 0.717) is 0 Å². The van der Waals surface area contributed by atoms with Crippen LogP contribution in [0, 0.1) is 0 Å². The van der Waals surface area contributed by atoms with Crippen molar-refractivity contribution >= 4 is 22.8 Å². The number of fused-ring (bicyclic) bond motifs is 1. The van der Waals surface area contributed by atoms with Crippen LogP contribution in [0.4, 0.5) is 0 Å². The summed E-state index contributed by atoms with van der Waals surface area (Å²) in [4.78, 5) is 12.1. The van der Waals surface area contributed by atoms with Crippen LogP contribution in [0.3, 0.4) is 0 Å². The van der Waals surface area contributed by atoms with Crippen molar-refractivity contribution in [3.63, 3.8) is 0 Å². The van der Waals surface area contributed by atoms with E-state index in [1.54, 1.807) is 12.2 Å². The number of unbranched alkanes of at least 4 members (excludes halogenated alkanes) is 3. The third-order valence-corrected chi connectivity index (χ3v) is 4.70. The van der Waals surface area contributed by atoms with E-state index in [1.807, 2.05) is 24.3 Å². The summed E-state index contributed by atoms with van der Waals surface area (Å²) in [5.74, 6) is 0.0476. The number of hydrogen-bond acceptors (Lipinski definition) is 1. The fraction of sp³-hybridized carbons (Fsp3) is 0.240. The first kappa shape index (κ1) is 18.9. The zero-order valence-electron chi connectivity index (χ0n) is 16.0. The van der Waals surface area contributed by atoms with Crippen molar-refractivity contribution in [1.29, 1.82) is 0 Å². The molecular formula is C25H27NO. The molecule has 27 heavy (non-hydrogen) atoms. The molecule has 0 spiro atoms. The second kappa shape index (κ2) is 9.72. The van der Waals surface area contributed by atoms with Crippen LogP contribution in [-0.4, -0.2) is 10.4 Å². The van der Waals surface area contributed by atoms with E-state index in [9.17, 15) is 4.79 Å². The molecule has 0 amide bonds. The Balaban J connectivity index is 1.75. The van der Waals surface area contributed by atoms with Crippen molar-refractivity contribution in [2.75, 3.05) is 0 Å². The standard InChI is InChI=1S/C25H27NO/c1-2-3-4-5-9-14-23(27)18-17-22-20-26(19-21-12-7-6-8-13-21)25-16-11-10-15-24(22)25/h6-18,20H,2-5,19H2,1H3/b14-9+,18-17+. The van der Waals surface area contributed by atoms with Crippen molar-refractivity contribution in [1.82, 2.24) is 4.57 Å². The third kappa shape index (κ3) is 5.30. The molecular weight excluding hydrogens is 330 g/mol. The van der Waals surface area contributed by atoms with Gasteiger partial charge in [0.1, 0.15) is 0 Å². The molecule has 0 aliphatic rings. The van der Waals surface area contributed by atoms with E-state index in [-0.39, 0.29) is 5.78 Å². The minimum atomic E-state index is 0.0476. The molecule has 0 bridgehead atoms. The van der Waals surface area contributed by atoms with Gasteiger partial charge >= 0.3 is 0 Å². The molecule has 2 heteroatoms. The van der Waals surface area contributed by atoms with Gasteiger partial charge in [0.2, 0.25) is 0 Å². The predicted molar refractivity (Wildman–Crippen MR) is 115 cm³/mol. The van der Waals surface area contributed by atoms with Crippen LogP contribution in [0.2, 0.25) is 0 Å². The molecule has 2 nitrogen and oxygen atoms in total. The number of rotatable bonds is 9. The molecule has 0 aliphatic carbocycles. The summed E-state index contributed by atoms with van der Waals surface area (Å²) < 4.78 is 2.25. The summed E-state index contributed by atoms with van der Waals surface area (Å²) in [6.45, 7) is 3.01. The topological polar surface area (TPSA) is 22.0 Å². The second-order valence-electron chi connectivity index (χ2n) is 6.85. The van der Waals surface area contributed by atoms with E-state index >= 15 is 0 Å². The highest BCUT2D eigenvalue weighted by Crippen LogP contribution is 2.23. The quantitative estimate of drug-likeness (QED) is 0.320. The third-order valence-electron chi connectivity index (χ3n) is 4.70. The summed E-state index contributed by atoms with van der Waals surface area (Å²) in [6.07, 6.45) is 14.0. The lowest BCUT2D eigenvalue weighted by atomic mass is 10.1. The Bertz CT molecular complexity index is 931. The van der Waals surface area contributed by atoms with Gasteiger partial charge in [0.05, 0.1) is 0 Å². The summed E-state index contributed by atoms with van der Waals surface area (Å²) in [5, 5.41) is 1.17. The van der Waals surface area contributed by atoms with E-state index in [1.165, 1.54) is 29.3 Å². The van der Waals surface area contributed by atoms with Gasteiger partial charge in [-0.1, -0.05) is 74.4 Å². The first-order chi connectivity index (χ1) is 13.3. The highest BCUT2D eigenvalue weighted by molar-refractivity contribution is 6.03. The van der Waals surface area contributed by atoms with Gasteiger partial charge in [-0.3, -0.25) is 4.79 Å². The minimum absolute atomic E-state index is 0.0476. The molecule has 0 saturated heterocycles. The van der Waals surface area contributed by atoms with Crippen LogP contribution >= 0.6 is 0 Å². The van der Waals surface area contributed by atoms with E-state index in [4.69, 9.17) is 0 Å². The van der Waals surface area contributed by atoms with Gasteiger partial charge in [-0.2, -0.15) is 0 Å². The van der Waals surface area contributed by atoms with Crippen LogP contribution in [0.15, 0.2) is 79.0 Å². The molecule has 0 fully saturated rings. The second-order valence-corrected chi connectivity index (χ2v) is 6.85. The van der Waals surface area contributed by atoms with Crippen molar-refractivity contribution in [2.45, 2.75) is 39.2 Å². The normalized spacial score (nSPS) is 11.7. The Hall–Kier alpha value is -2.87. The Labute approximate surface area is 161 Å². The van der Waals surface area contributed by atoms with Crippen LogP contribution in [0.1, 0.15) is 43.7 Å². The number of hydrogen-bond donors (Lipinski definition) is 0. The van der Waals surface area contributed by atoms with Crippen molar-refractivity contribution in [3.05, 3.63) is 90.1 Å². The lowest BCUT2D eigenvalue weighted by Crippen LogP contribution is -1.97. The number of aromatic nitrogens is 1. The number of ketones is 1. The summed E-state index contributed by atoms with van der Waals surface area (Å²) >= 11 is 0. The Morgan fingerprint density at radius 2 is 1.74 bits per heavy atom. The number of carbonyl (C=O) groups excluding carboxylic acids is 1. The SMILES string of the molecule is CCCCC/C=C/C(=O)/C=C/c1cn(Cc2ccccc2)c2ccccc12. The van der Waals surface area contributed by atoms with E-state index in [0.717, 1.165) is 24.9 Å². The van der Waals surface area contributed by atoms with E-state index < -0.39 is 0 Å². The molecule has 0 unspecified atom stereocenters. The molecule has 1 aromatic heterocycles. The number of benzene rings is 2. The maximum Gasteiger partial charge on any atom is 0.178 e. The zero-order chi connectivity index (χ0) is 18.9. The average Bonchev–Trinajstić information content (AvgIpc) is 3.05. The van der Waals surface area contributed by atoms with Gasteiger partial charge in [0.15, 0.2) is 5.78 Å². The summed E-state index contributed by atoms with van der Waals surface area (Å²) in [5.41, 5.74) is 3.53. The lowest BCUT2D eigenvalue weighted by molar-refractivity contribution is -0.110. The van der Waals surface area contributed by atoms with Gasteiger partial charge in [-0.15, -0.1) is 0 Å². The van der Waals surface area contributed by atoms with Crippen molar-refractivity contribution in [3.8, 4) is 0 Å². The highest BCUT2D eigenvalue weighted by atomic mass is 16.1. The van der Waals surface area contributed by atoms with Crippen LogP contribution in [-0.2, 0) is 11.3 Å². The number of nitrogens with zero attached hydrogens (tertiary/aromatic N) is 1. The van der Waals surface area contributed by atoms with Crippen LogP contribution < -0.4 is 0 Å². The number of para-hydroxylation sites is 1. The Morgan fingerprint density at radius 3 is 2.56 bits per heavy atom. The first-order valence-electron chi connectivity index (χ1n) is 9.78. The van der Waals surface area contributed by atoms with Gasteiger partial charge < -0.3 is 4.57 Å². The first-order valence-corrected chi connectivity index (χ1v) is 9.78. The highest BCUT2D eigenvalue weighted by Gasteiger charge is 2.06. The molecule has 0 N–H and O–H groups in total. The number of carbonyl (C=O) groups is 1. The largest absolute Gasteiger partial charge is 0.342 e. The van der Waals surface area contributed by atoms with Crippen LogP contribution in [0.25, 0.3) is 17.0 Å². The van der Waals surface area contributed by atoms with Gasteiger partial charge in [-0.05, 0) is 42.7 Å². The van der Waals surface area contributed by atoms with Crippen molar-refractivity contribution in [2.24, 2.45) is 0 Å². The molecule has 0 radical (unpaired) electrons.